The van der Waals surface area contributed by atoms with Crippen LogP contribution < -0.4 is 10.6 Å². The number of amides is 3. The number of nitrogens with one attached hydrogen (secondary N) is 2. The van der Waals surface area contributed by atoms with Crippen molar-refractivity contribution in [3.8, 4) is 0 Å². The smallest absolute Gasteiger partial charge is 0.410 e. The van der Waals surface area contributed by atoms with Gasteiger partial charge in [0.25, 0.3) is 0 Å². The fourth-order valence-electron chi connectivity index (χ4n) is 3.03. The van der Waals surface area contributed by atoms with E-state index >= 15 is 0 Å². The van der Waals surface area contributed by atoms with E-state index in [0.29, 0.717) is 16.4 Å². The first kappa shape index (κ1) is 19.0. The second-order valence-electron chi connectivity index (χ2n) is 6.63. The Kier molecular flexibility index (Phi) is 5.25. The van der Waals surface area contributed by atoms with Crippen LogP contribution in [0.15, 0.2) is 48.5 Å². The van der Waals surface area contributed by atoms with Gasteiger partial charge in [0.1, 0.15) is 5.72 Å². The normalized spacial score (nSPS) is 18.2. The van der Waals surface area contributed by atoms with Crippen molar-refractivity contribution in [1.29, 1.82) is 0 Å². The van der Waals surface area contributed by atoms with Crippen molar-refractivity contribution in [2.24, 2.45) is 0 Å². The zero-order valence-corrected chi connectivity index (χ0v) is 15.7. The minimum Gasteiger partial charge on any atom is -0.465 e. The number of carboxylic acid groups (broad SMARTS) is 1. The van der Waals surface area contributed by atoms with E-state index in [4.69, 9.17) is 16.3 Å². The largest absolute Gasteiger partial charge is 0.465 e. The molecule has 3 rings (SSSR count). The van der Waals surface area contributed by atoms with Gasteiger partial charge in [0, 0.05) is 16.4 Å². The fraction of sp³-hybridized carbons (Fsp3) is 0.263. The number of hydrogen-bond acceptors (Lipinski definition) is 3. The van der Waals surface area contributed by atoms with Crippen LogP contribution in [0, 0.1) is 0 Å². The Labute approximate surface area is 161 Å². The van der Waals surface area contributed by atoms with Crippen molar-refractivity contribution in [2.45, 2.75) is 25.6 Å². The molecule has 1 aliphatic heterocycles. The molecule has 1 aliphatic rings. The second-order valence-corrected chi connectivity index (χ2v) is 7.07. The Bertz CT molecular complexity index is 837. The molecule has 8 heteroatoms. The van der Waals surface area contributed by atoms with E-state index < -0.39 is 17.9 Å². The van der Waals surface area contributed by atoms with Gasteiger partial charge in [0.2, 0.25) is 0 Å². The van der Waals surface area contributed by atoms with E-state index in [2.05, 4.69) is 10.6 Å². The van der Waals surface area contributed by atoms with Crippen molar-refractivity contribution < 1.29 is 19.4 Å². The van der Waals surface area contributed by atoms with Crippen LogP contribution in [0.2, 0.25) is 5.02 Å². The van der Waals surface area contributed by atoms with Gasteiger partial charge in [0.05, 0.1) is 12.6 Å². The highest BCUT2D eigenvalue weighted by molar-refractivity contribution is 6.30. The predicted molar refractivity (Wildman–Crippen MR) is 103 cm³/mol. The molecular formula is C19H20ClN3O4. The van der Waals surface area contributed by atoms with E-state index in [1.807, 2.05) is 0 Å². The minimum absolute atomic E-state index is 0.281. The molecule has 0 saturated carbocycles. The summed E-state index contributed by atoms with van der Waals surface area (Å²) in [6.45, 7) is 3.72. The molecular weight excluding hydrogens is 370 g/mol. The Morgan fingerprint density at radius 2 is 1.59 bits per heavy atom. The molecule has 1 saturated heterocycles. The van der Waals surface area contributed by atoms with E-state index in [1.54, 1.807) is 62.4 Å². The number of ether oxygens (including phenoxy) is 1. The van der Waals surface area contributed by atoms with E-state index in [-0.39, 0.29) is 12.6 Å². The summed E-state index contributed by atoms with van der Waals surface area (Å²) in [5.74, 6) is 0. The standard InChI is InChI=1S/C19H20ClN3O4/c1-19(2)23(18(25)26)16(11-27-19)12-3-7-14(8-4-12)21-17(24)22-15-9-5-13(20)6-10-15/h3-10,16H,11H2,1-2H3,(H,25,26)(H2,21,22,24). The molecule has 2 aromatic carbocycles. The zero-order valence-electron chi connectivity index (χ0n) is 14.9. The molecule has 27 heavy (non-hydrogen) atoms. The molecule has 1 atom stereocenters. The van der Waals surface area contributed by atoms with Crippen molar-refractivity contribution in [1.82, 2.24) is 4.90 Å². The predicted octanol–water partition coefficient (Wildman–Crippen LogP) is 4.77. The van der Waals surface area contributed by atoms with Crippen LogP contribution in [-0.2, 0) is 4.74 Å². The summed E-state index contributed by atoms with van der Waals surface area (Å²) in [7, 11) is 0. The van der Waals surface area contributed by atoms with Gasteiger partial charge in [-0.25, -0.2) is 9.59 Å². The van der Waals surface area contributed by atoms with E-state index in [9.17, 15) is 14.7 Å². The van der Waals surface area contributed by atoms with Crippen molar-refractivity contribution >= 4 is 35.1 Å². The molecule has 0 aromatic heterocycles. The molecule has 142 valence electrons. The summed E-state index contributed by atoms with van der Waals surface area (Å²) < 4.78 is 5.61. The molecule has 7 nitrogen and oxygen atoms in total. The Morgan fingerprint density at radius 1 is 1.07 bits per heavy atom. The number of rotatable bonds is 3. The maximum atomic E-state index is 12.1. The Morgan fingerprint density at radius 3 is 2.11 bits per heavy atom. The lowest BCUT2D eigenvalue weighted by Crippen LogP contribution is -2.43. The molecule has 0 radical (unpaired) electrons. The number of benzene rings is 2. The lowest BCUT2D eigenvalue weighted by Gasteiger charge is -2.31. The van der Waals surface area contributed by atoms with Gasteiger partial charge in [-0.3, -0.25) is 4.90 Å². The van der Waals surface area contributed by atoms with Crippen LogP contribution in [0.1, 0.15) is 25.5 Å². The van der Waals surface area contributed by atoms with Gasteiger partial charge < -0.3 is 20.5 Å². The maximum absolute atomic E-state index is 12.1. The number of urea groups is 1. The van der Waals surface area contributed by atoms with Crippen molar-refractivity contribution in [3.63, 3.8) is 0 Å². The van der Waals surface area contributed by atoms with Crippen LogP contribution >= 0.6 is 11.6 Å². The number of hydrogen-bond donors (Lipinski definition) is 3. The first-order chi connectivity index (χ1) is 12.8. The van der Waals surface area contributed by atoms with Gasteiger partial charge >= 0.3 is 12.1 Å². The SMILES string of the molecule is CC1(C)OCC(c2ccc(NC(=O)Nc3ccc(Cl)cc3)cc2)N1C(=O)O. The quantitative estimate of drug-likeness (QED) is 0.705. The van der Waals surface area contributed by atoms with Crippen LogP contribution in [0.25, 0.3) is 0 Å². The summed E-state index contributed by atoms with van der Waals surface area (Å²) in [6, 6.07) is 13.0. The van der Waals surface area contributed by atoms with Crippen LogP contribution in [0.3, 0.4) is 0 Å². The summed E-state index contributed by atoms with van der Waals surface area (Å²) >= 11 is 5.82. The first-order valence-corrected chi connectivity index (χ1v) is 8.74. The maximum Gasteiger partial charge on any atom is 0.410 e. The van der Waals surface area contributed by atoms with Gasteiger partial charge in [-0.05, 0) is 55.8 Å². The van der Waals surface area contributed by atoms with Gasteiger partial charge in [0.15, 0.2) is 0 Å². The highest BCUT2D eigenvalue weighted by Crippen LogP contribution is 2.37. The first-order valence-electron chi connectivity index (χ1n) is 8.36. The van der Waals surface area contributed by atoms with E-state index in [1.165, 1.54) is 4.90 Å². The third kappa shape index (κ3) is 4.32. The Hall–Kier alpha value is -2.77. The number of nitrogens with zero attached hydrogens (tertiary/aromatic N) is 1. The molecule has 1 fully saturated rings. The molecule has 1 heterocycles. The molecule has 0 aliphatic carbocycles. The number of anilines is 2. The van der Waals surface area contributed by atoms with Gasteiger partial charge in [-0.2, -0.15) is 0 Å². The highest BCUT2D eigenvalue weighted by Gasteiger charge is 2.44. The molecule has 1 unspecified atom stereocenters. The molecule has 2 aromatic rings. The van der Waals surface area contributed by atoms with Gasteiger partial charge in [-0.15, -0.1) is 0 Å². The average Bonchev–Trinajstić information content (AvgIpc) is 2.93. The average molecular weight is 390 g/mol. The fourth-order valence-corrected chi connectivity index (χ4v) is 3.15. The number of carbonyl (C=O) groups is 2. The monoisotopic (exact) mass is 389 g/mol. The number of halogens is 1. The van der Waals surface area contributed by atoms with E-state index in [0.717, 1.165) is 5.56 Å². The van der Waals surface area contributed by atoms with Crippen LogP contribution in [0.4, 0.5) is 21.0 Å². The lowest BCUT2D eigenvalue weighted by atomic mass is 10.1. The number of carbonyl (C=O) groups excluding carboxylic acids is 1. The molecule has 3 amide bonds. The summed E-state index contributed by atoms with van der Waals surface area (Å²) in [4.78, 5) is 24.9. The lowest BCUT2D eigenvalue weighted by molar-refractivity contribution is -0.0420. The van der Waals surface area contributed by atoms with Crippen LogP contribution in [0.5, 0.6) is 0 Å². The summed E-state index contributed by atoms with van der Waals surface area (Å²) in [5.41, 5.74) is 1.12. The molecule has 0 bridgehead atoms. The zero-order chi connectivity index (χ0) is 19.6. The van der Waals surface area contributed by atoms with Crippen molar-refractivity contribution in [2.75, 3.05) is 17.2 Å². The second kappa shape index (κ2) is 7.46. The third-order valence-electron chi connectivity index (χ3n) is 4.35. The molecule has 3 N–H and O–H groups in total. The topological polar surface area (TPSA) is 90.9 Å². The summed E-state index contributed by atoms with van der Waals surface area (Å²) in [6.07, 6.45) is -1.04. The van der Waals surface area contributed by atoms with Gasteiger partial charge in [-0.1, -0.05) is 23.7 Å². The van der Waals surface area contributed by atoms with Crippen molar-refractivity contribution in [3.05, 3.63) is 59.1 Å². The minimum atomic E-state index is -1.04. The third-order valence-corrected chi connectivity index (χ3v) is 4.60. The highest BCUT2D eigenvalue weighted by atomic mass is 35.5. The Balaban J connectivity index is 1.66. The molecule has 0 spiro atoms. The van der Waals surface area contributed by atoms with Crippen LogP contribution in [-0.4, -0.2) is 34.5 Å². The summed E-state index contributed by atoms with van der Waals surface area (Å²) in [5, 5.41) is 15.5.